The van der Waals surface area contributed by atoms with E-state index in [2.05, 4.69) is 24.5 Å². The second kappa shape index (κ2) is 4.12. The fourth-order valence-corrected chi connectivity index (χ4v) is 2.41. The molecule has 2 N–H and O–H groups in total. The van der Waals surface area contributed by atoms with Gasteiger partial charge < -0.3 is 10.6 Å². The zero-order valence-corrected chi connectivity index (χ0v) is 9.81. The maximum Gasteiger partial charge on any atom is 0.223 e. The first-order valence-electron chi connectivity index (χ1n) is 6.11. The Morgan fingerprint density at radius 2 is 2.27 bits per heavy atom. The first kappa shape index (κ1) is 10.9. The second-order valence-electron chi connectivity index (χ2n) is 5.62. The van der Waals surface area contributed by atoms with Gasteiger partial charge in [-0.3, -0.25) is 4.79 Å². The van der Waals surface area contributed by atoms with Gasteiger partial charge in [-0.1, -0.05) is 13.8 Å². The molecule has 1 aliphatic heterocycles. The van der Waals surface area contributed by atoms with Gasteiger partial charge in [0.15, 0.2) is 0 Å². The molecule has 3 heteroatoms. The van der Waals surface area contributed by atoms with Crippen LogP contribution in [-0.4, -0.2) is 25.0 Å². The van der Waals surface area contributed by atoms with Crippen LogP contribution in [0.3, 0.4) is 0 Å². The zero-order valence-electron chi connectivity index (χ0n) is 9.81. The molecule has 0 spiro atoms. The van der Waals surface area contributed by atoms with Crippen molar-refractivity contribution in [2.24, 2.45) is 11.3 Å². The van der Waals surface area contributed by atoms with Crippen LogP contribution in [0.2, 0.25) is 0 Å². The predicted molar refractivity (Wildman–Crippen MR) is 60.5 cm³/mol. The van der Waals surface area contributed by atoms with E-state index < -0.39 is 0 Å². The lowest BCUT2D eigenvalue weighted by molar-refractivity contribution is -0.122. The van der Waals surface area contributed by atoms with Gasteiger partial charge >= 0.3 is 0 Å². The molecule has 1 aliphatic carbocycles. The summed E-state index contributed by atoms with van der Waals surface area (Å²) in [6, 6.07) is 0.637. The topological polar surface area (TPSA) is 41.1 Å². The largest absolute Gasteiger partial charge is 0.356 e. The molecule has 1 amide bonds. The molecule has 1 unspecified atom stereocenters. The first-order valence-corrected chi connectivity index (χ1v) is 6.11. The summed E-state index contributed by atoms with van der Waals surface area (Å²) in [5.41, 5.74) is 0.260. The average Bonchev–Trinajstić information content (AvgIpc) is 2.65. The highest BCUT2D eigenvalue weighted by atomic mass is 16.2. The summed E-state index contributed by atoms with van der Waals surface area (Å²) in [6.45, 7) is 6.31. The zero-order chi connectivity index (χ0) is 10.9. The van der Waals surface area contributed by atoms with Crippen molar-refractivity contribution < 1.29 is 4.79 Å². The molecule has 86 valence electrons. The fraction of sp³-hybridized carbons (Fsp3) is 0.917. The van der Waals surface area contributed by atoms with Crippen molar-refractivity contribution in [1.29, 1.82) is 0 Å². The summed E-state index contributed by atoms with van der Waals surface area (Å²) >= 11 is 0. The molecule has 3 nitrogen and oxygen atoms in total. The SMILES string of the molecule is CC1(C)CC1C(=O)NCC[C@H]1CCCN1. The smallest absolute Gasteiger partial charge is 0.223 e. The van der Waals surface area contributed by atoms with Crippen LogP contribution in [0, 0.1) is 11.3 Å². The van der Waals surface area contributed by atoms with Crippen molar-refractivity contribution in [3.63, 3.8) is 0 Å². The van der Waals surface area contributed by atoms with Crippen LogP contribution >= 0.6 is 0 Å². The van der Waals surface area contributed by atoms with Crippen molar-refractivity contribution in [2.75, 3.05) is 13.1 Å². The van der Waals surface area contributed by atoms with E-state index in [-0.39, 0.29) is 17.2 Å². The minimum absolute atomic E-state index is 0.260. The molecule has 0 aromatic heterocycles. The van der Waals surface area contributed by atoms with E-state index in [9.17, 15) is 4.79 Å². The van der Waals surface area contributed by atoms with Gasteiger partial charge in [0.2, 0.25) is 5.91 Å². The molecule has 1 saturated heterocycles. The number of hydrogen-bond acceptors (Lipinski definition) is 2. The highest BCUT2D eigenvalue weighted by Crippen LogP contribution is 2.51. The first-order chi connectivity index (χ1) is 7.09. The molecule has 2 atom stereocenters. The maximum absolute atomic E-state index is 11.7. The molecule has 0 aromatic rings. The Bertz CT molecular complexity index is 244. The van der Waals surface area contributed by atoms with Gasteiger partial charge in [-0.15, -0.1) is 0 Å². The maximum atomic E-state index is 11.7. The summed E-state index contributed by atoms with van der Waals surface area (Å²) < 4.78 is 0. The second-order valence-corrected chi connectivity index (χ2v) is 5.62. The number of hydrogen-bond donors (Lipinski definition) is 2. The van der Waals surface area contributed by atoms with E-state index in [0.29, 0.717) is 6.04 Å². The van der Waals surface area contributed by atoms with E-state index in [1.54, 1.807) is 0 Å². The van der Waals surface area contributed by atoms with Crippen LogP contribution in [0.15, 0.2) is 0 Å². The molecule has 0 bridgehead atoms. The fourth-order valence-electron chi connectivity index (χ4n) is 2.41. The van der Waals surface area contributed by atoms with E-state index in [1.807, 2.05) is 0 Å². The van der Waals surface area contributed by atoms with Crippen LogP contribution in [-0.2, 0) is 4.79 Å². The Hall–Kier alpha value is -0.570. The van der Waals surface area contributed by atoms with E-state index >= 15 is 0 Å². The van der Waals surface area contributed by atoms with Gasteiger partial charge in [-0.05, 0) is 37.6 Å². The Morgan fingerprint density at radius 1 is 1.53 bits per heavy atom. The quantitative estimate of drug-likeness (QED) is 0.734. The molecule has 2 aliphatic rings. The number of rotatable bonds is 4. The van der Waals surface area contributed by atoms with Crippen molar-refractivity contribution in [1.82, 2.24) is 10.6 Å². The molecule has 1 saturated carbocycles. The molecule has 2 fully saturated rings. The summed E-state index contributed by atoms with van der Waals surface area (Å²) in [5.74, 6) is 0.534. The third kappa shape index (κ3) is 2.71. The van der Waals surface area contributed by atoms with Gasteiger partial charge in [0.25, 0.3) is 0 Å². The molecule has 1 heterocycles. The van der Waals surface area contributed by atoms with Gasteiger partial charge in [0.05, 0.1) is 0 Å². The monoisotopic (exact) mass is 210 g/mol. The number of carbonyl (C=O) groups excluding carboxylic acids is 1. The van der Waals surface area contributed by atoms with Crippen molar-refractivity contribution in [3.8, 4) is 0 Å². The number of nitrogens with one attached hydrogen (secondary N) is 2. The Labute approximate surface area is 92.0 Å². The summed E-state index contributed by atoms with van der Waals surface area (Å²) in [4.78, 5) is 11.7. The summed E-state index contributed by atoms with van der Waals surface area (Å²) in [7, 11) is 0. The standard InChI is InChI=1S/C12H22N2O/c1-12(2)8-10(12)11(15)14-7-5-9-4-3-6-13-9/h9-10,13H,3-8H2,1-2H3,(H,14,15)/t9-,10?/m1/s1. The third-order valence-electron chi connectivity index (χ3n) is 3.78. The van der Waals surface area contributed by atoms with Crippen LogP contribution in [0.1, 0.15) is 39.5 Å². The van der Waals surface area contributed by atoms with Crippen LogP contribution in [0.4, 0.5) is 0 Å². The highest BCUT2D eigenvalue weighted by Gasteiger charge is 2.50. The molecular formula is C12H22N2O. The highest BCUT2D eigenvalue weighted by molar-refractivity contribution is 5.82. The molecule has 2 rings (SSSR count). The van der Waals surface area contributed by atoms with Crippen molar-refractivity contribution in [3.05, 3.63) is 0 Å². The van der Waals surface area contributed by atoms with Crippen LogP contribution in [0.25, 0.3) is 0 Å². The third-order valence-corrected chi connectivity index (χ3v) is 3.78. The lowest BCUT2D eigenvalue weighted by Crippen LogP contribution is -2.32. The lowest BCUT2D eigenvalue weighted by Gasteiger charge is -2.11. The van der Waals surface area contributed by atoms with Crippen LogP contribution in [0.5, 0.6) is 0 Å². The average molecular weight is 210 g/mol. The van der Waals surface area contributed by atoms with Gasteiger partial charge in [0.1, 0.15) is 0 Å². The minimum Gasteiger partial charge on any atom is -0.356 e. The van der Waals surface area contributed by atoms with Gasteiger partial charge in [0, 0.05) is 18.5 Å². The summed E-state index contributed by atoms with van der Waals surface area (Å²) in [5, 5.41) is 6.49. The Kier molecular flexibility index (Phi) is 3.01. The lowest BCUT2D eigenvalue weighted by atomic mass is 10.1. The molecule has 0 aromatic carbocycles. The molecular weight excluding hydrogens is 188 g/mol. The summed E-state index contributed by atoms with van der Waals surface area (Å²) in [6.07, 6.45) is 4.69. The van der Waals surface area contributed by atoms with E-state index in [0.717, 1.165) is 25.9 Å². The van der Waals surface area contributed by atoms with Crippen LogP contribution < -0.4 is 10.6 Å². The van der Waals surface area contributed by atoms with Gasteiger partial charge in [-0.25, -0.2) is 0 Å². The normalized spacial score (nSPS) is 32.7. The van der Waals surface area contributed by atoms with Crippen molar-refractivity contribution >= 4 is 5.91 Å². The number of carbonyl (C=O) groups is 1. The Balaban J connectivity index is 1.60. The van der Waals surface area contributed by atoms with E-state index in [4.69, 9.17) is 0 Å². The Morgan fingerprint density at radius 3 is 2.80 bits per heavy atom. The van der Waals surface area contributed by atoms with Gasteiger partial charge in [-0.2, -0.15) is 0 Å². The number of amides is 1. The van der Waals surface area contributed by atoms with E-state index in [1.165, 1.54) is 12.8 Å². The molecule has 15 heavy (non-hydrogen) atoms. The van der Waals surface area contributed by atoms with Crippen molar-refractivity contribution in [2.45, 2.75) is 45.6 Å². The predicted octanol–water partition coefficient (Wildman–Crippen LogP) is 1.29. The molecule has 0 radical (unpaired) electrons. The minimum atomic E-state index is 0.260.